The molecule has 4 aromatic rings. The van der Waals surface area contributed by atoms with Crippen LogP contribution >= 0.6 is 31.9 Å². The summed E-state index contributed by atoms with van der Waals surface area (Å²) in [6.45, 7) is 0. The third kappa shape index (κ3) is 5.78. The van der Waals surface area contributed by atoms with Crippen molar-refractivity contribution in [2.75, 3.05) is 9.80 Å². The second kappa shape index (κ2) is 12.0. The molecule has 1 aliphatic rings. The molecule has 4 aromatic carbocycles. The molecule has 0 atom stereocenters. The van der Waals surface area contributed by atoms with E-state index < -0.39 is 44.6 Å². The van der Waals surface area contributed by atoms with Crippen molar-refractivity contribution in [3.8, 4) is 11.5 Å². The van der Waals surface area contributed by atoms with Crippen LogP contribution in [0.2, 0.25) is 0 Å². The van der Waals surface area contributed by atoms with Gasteiger partial charge in [-0.15, -0.1) is 0 Å². The summed E-state index contributed by atoms with van der Waals surface area (Å²) in [5.41, 5.74) is -1.01. The number of halogens is 2. The Morgan fingerprint density at radius 1 is 0.721 bits per heavy atom. The lowest BCUT2D eigenvalue weighted by Crippen LogP contribution is -2.57. The van der Waals surface area contributed by atoms with Gasteiger partial charge in [-0.2, -0.15) is 0 Å². The number of carbonyl (C=O) groups is 3. The molecule has 0 radical (unpaired) electrons. The Balaban J connectivity index is 1.67. The first-order chi connectivity index (χ1) is 20.6. The lowest BCUT2D eigenvalue weighted by Gasteiger charge is -2.34. The van der Waals surface area contributed by atoms with Gasteiger partial charge < -0.3 is 4.74 Å². The number of urea groups is 1. The average Bonchev–Trinajstić information content (AvgIpc) is 2.98. The molecule has 0 aromatic heterocycles. The number of carbonyl (C=O) groups excluding carboxylic acids is 3. The zero-order valence-electron chi connectivity index (χ0n) is 21.5. The van der Waals surface area contributed by atoms with Gasteiger partial charge >= 0.3 is 11.7 Å². The number of nitro groups is 2. The summed E-state index contributed by atoms with van der Waals surface area (Å²) >= 11 is 6.70. The van der Waals surface area contributed by atoms with E-state index in [1.807, 2.05) is 0 Å². The van der Waals surface area contributed by atoms with Crippen molar-refractivity contribution < 1.29 is 29.0 Å². The molecule has 1 heterocycles. The number of imide groups is 2. The molecule has 0 saturated carbocycles. The van der Waals surface area contributed by atoms with Gasteiger partial charge in [-0.3, -0.25) is 29.8 Å². The first-order valence-corrected chi connectivity index (χ1v) is 13.8. The van der Waals surface area contributed by atoms with Crippen LogP contribution < -0.4 is 14.5 Å². The van der Waals surface area contributed by atoms with Gasteiger partial charge in [-0.05, 0) is 64.5 Å². The van der Waals surface area contributed by atoms with Gasteiger partial charge in [0.2, 0.25) is 5.75 Å². The monoisotopic (exact) mass is 706 g/mol. The third-order valence-corrected chi connectivity index (χ3v) is 7.22. The molecule has 0 aliphatic carbocycles. The number of hydrogen-bond acceptors (Lipinski definition) is 8. The molecule has 0 unspecified atom stereocenters. The predicted molar refractivity (Wildman–Crippen MR) is 163 cm³/mol. The first kappa shape index (κ1) is 29.3. The number of non-ortho nitro benzene ring substituents is 1. The normalized spacial score (nSPS) is 13.3. The number of nitro benzene ring substituents is 2. The second-order valence-electron chi connectivity index (χ2n) is 8.87. The van der Waals surface area contributed by atoms with Gasteiger partial charge in [0.1, 0.15) is 11.3 Å². The van der Waals surface area contributed by atoms with Crippen LogP contribution in [0.5, 0.6) is 11.5 Å². The van der Waals surface area contributed by atoms with Crippen LogP contribution in [0.25, 0.3) is 6.08 Å². The number of para-hydroxylation sites is 2. The number of hydrogen-bond donors (Lipinski definition) is 0. The number of nitrogens with zero attached hydrogens (tertiary/aromatic N) is 4. The van der Waals surface area contributed by atoms with Crippen molar-refractivity contribution >= 4 is 78.5 Å². The number of amides is 4. The van der Waals surface area contributed by atoms with Crippen molar-refractivity contribution in [3.63, 3.8) is 0 Å². The van der Waals surface area contributed by atoms with Crippen molar-refractivity contribution in [2.45, 2.75) is 0 Å². The van der Waals surface area contributed by atoms with E-state index in [1.54, 1.807) is 66.7 Å². The summed E-state index contributed by atoms with van der Waals surface area (Å²) in [6.07, 6.45) is 1.21. The Hall–Kier alpha value is -5.21. The molecule has 5 rings (SSSR count). The SMILES string of the molecule is O=C1C(=Cc2cc(Br)cc(Br)c2Oc2ccc([N+](=O)[O-])cc2[N+](=O)[O-])C(=O)N(c2ccccc2)C(=O)N1c1ccccc1. The van der Waals surface area contributed by atoms with Crippen LogP contribution in [-0.4, -0.2) is 27.7 Å². The topological polar surface area (TPSA) is 153 Å². The van der Waals surface area contributed by atoms with Crippen LogP contribution in [0.4, 0.5) is 27.5 Å². The highest BCUT2D eigenvalue weighted by Gasteiger charge is 2.44. The van der Waals surface area contributed by atoms with Crippen LogP contribution in [-0.2, 0) is 9.59 Å². The van der Waals surface area contributed by atoms with E-state index in [1.165, 1.54) is 12.1 Å². The molecule has 0 spiro atoms. The maximum Gasteiger partial charge on any atom is 0.343 e. The Morgan fingerprint density at radius 2 is 1.28 bits per heavy atom. The number of ether oxygens (including phenoxy) is 1. The van der Waals surface area contributed by atoms with E-state index in [-0.39, 0.29) is 32.9 Å². The molecular formula is C29H16Br2N4O8. The number of barbiturate groups is 1. The molecule has 14 heteroatoms. The maximum atomic E-state index is 13.8. The van der Waals surface area contributed by atoms with Gasteiger partial charge in [0.15, 0.2) is 0 Å². The van der Waals surface area contributed by atoms with Crippen LogP contribution in [0.1, 0.15) is 5.56 Å². The molecule has 1 saturated heterocycles. The Kier molecular flexibility index (Phi) is 8.14. The smallest absolute Gasteiger partial charge is 0.343 e. The van der Waals surface area contributed by atoms with Crippen LogP contribution in [0.15, 0.2) is 106 Å². The molecular weight excluding hydrogens is 692 g/mol. The van der Waals surface area contributed by atoms with Crippen molar-refractivity contribution in [1.82, 2.24) is 0 Å². The molecule has 1 aliphatic heterocycles. The van der Waals surface area contributed by atoms with Crippen molar-refractivity contribution in [2.24, 2.45) is 0 Å². The number of benzene rings is 4. The van der Waals surface area contributed by atoms with E-state index >= 15 is 0 Å². The van der Waals surface area contributed by atoms with E-state index in [4.69, 9.17) is 4.74 Å². The van der Waals surface area contributed by atoms with Crippen LogP contribution in [0, 0.1) is 20.2 Å². The quantitative estimate of drug-likeness (QED) is 0.0833. The highest BCUT2D eigenvalue weighted by atomic mass is 79.9. The summed E-state index contributed by atoms with van der Waals surface area (Å²) in [6, 6.07) is 21.2. The standard InChI is InChI=1S/C29H16Br2N4O8/c30-18-13-17(26(23(31)15-18)43-25-12-11-21(34(39)40)16-24(25)35(41)42)14-22-27(36)32(19-7-3-1-4-8-19)29(38)33(28(22)37)20-9-5-2-6-10-20/h1-16H. The van der Waals surface area contributed by atoms with Gasteiger partial charge in [-0.1, -0.05) is 52.3 Å². The first-order valence-electron chi connectivity index (χ1n) is 12.2. The Morgan fingerprint density at radius 3 is 1.79 bits per heavy atom. The molecule has 43 heavy (non-hydrogen) atoms. The zero-order chi connectivity index (χ0) is 30.8. The summed E-state index contributed by atoms with van der Waals surface area (Å²) in [4.78, 5) is 64.2. The van der Waals surface area contributed by atoms with E-state index in [0.717, 1.165) is 28.0 Å². The summed E-state index contributed by atoms with van der Waals surface area (Å²) in [7, 11) is 0. The van der Waals surface area contributed by atoms with Crippen molar-refractivity contribution in [3.05, 3.63) is 131 Å². The second-order valence-corrected chi connectivity index (χ2v) is 10.6. The summed E-state index contributed by atoms with van der Waals surface area (Å²) in [5, 5.41) is 22.9. The molecule has 0 N–H and O–H groups in total. The minimum absolute atomic E-state index is 0.0392. The number of rotatable bonds is 7. The number of anilines is 2. The molecule has 1 fully saturated rings. The summed E-state index contributed by atoms with van der Waals surface area (Å²) in [5.74, 6) is -2.18. The molecule has 0 bridgehead atoms. The lowest BCUT2D eigenvalue weighted by molar-refractivity contribution is -0.394. The third-order valence-electron chi connectivity index (χ3n) is 6.18. The Bertz CT molecular complexity index is 1780. The van der Waals surface area contributed by atoms with Gasteiger partial charge in [0.05, 0.1) is 31.8 Å². The highest BCUT2D eigenvalue weighted by Crippen LogP contribution is 2.42. The van der Waals surface area contributed by atoms with Crippen LogP contribution in [0.3, 0.4) is 0 Å². The molecule has 4 amide bonds. The van der Waals surface area contributed by atoms with E-state index in [2.05, 4.69) is 31.9 Å². The minimum Gasteiger partial charge on any atom is -0.448 e. The Labute approximate surface area is 259 Å². The predicted octanol–water partition coefficient (Wildman–Crippen LogP) is 7.40. The maximum absolute atomic E-state index is 13.8. The zero-order valence-corrected chi connectivity index (χ0v) is 24.7. The summed E-state index contributed by atoms with van der Waals surface area (Å²) < 4.78 is 6.65. The molecule has 12 nitrogen and oxygen atoms in total. The fourth-order valence-electron chi connectivity index (χ4n) is 4.25. The minimum atomic E-state index is -0.906. The van der Waals surface area contributed by atoms with E-state index in [0.29, 0.717) is 4.47 Å². The van der Waals surface area contributed by atoms with Gasteiger partial charge in [-0.25, -0.2) is 14.6 Å². The van der Waals surface area contributed by atoms with Gasteiger partial charge in [0, 0.05) is 16.1 Å². The van der Waals surface area contributed by atoms with Gasteiger partial charge in [0.25, 0.3) is 17.5 Å². The fraction of sp³-hybridized carbons (Fsp3) is 0. The van der Waals surface area contributed by atoms with E-state index in [9.17, 15) is 34.6 Å². The largest absolute Gasteiger partial charge is 0.448 e. The lowest BCUT2D eigenvalue weighted by atomic mass is 10.0. The molecule has 214 valence electrons. The highest BCUT2D eigenvalue weighted by molar-refractivity contribution is 9.11. The average molecular weight is 708 g/mol. The fourth-order valence-corrected chi connectivity index (χ4v) is 5.59. The van der Waals surface area contributed by atoms with Crippen molar-refractivity contribution in [1.29, 1.82) is 0 Å².